The van der Waals surface area contributed by atoms with E-state index < -0.39 is 10.0 Å². The van der Waals surface area contributed by atoms with Gasteiger partial charge in [-0.15, -0.1) is 5.10 Å². The van der Waals surface area contributed by atoms with E-state index in [0.717, 1.165) is 4.80 Å². The number of nitrogens with one attached hydrogen (secondary N) is 1. The van der Waals surface area contributed by atoms with Gasteiger partial charge in [0, 0.05) is 4.47 Å². The zero-order chi connectivity index (χ0) is 14.0. The summed E-state index contributed by atoms with van der Waals surface area (Å²) in [6, 6.07) is 4.65. The Morgan fingerprint density at radius 1 is 1.42 bits per heavy atom. The molecule has 102 valence electrons. The number of benzene rings is 1. The number of methoxy groups -OCH3 is 1. The predicted molar refractivity (Wildman–Crippen MR) is 70.3 cm³/mol. The summed E-state index contributed by atoms with van der Waals surface area (Å²) in [6.45, 7) is 0. The van der Waals surface area contributed by atoms with E-state index in [4.69, 9.17) is 4.74 Å². The normalized spacial score (nSPS) is 11.3. The molecule has 1 N–H and O–H groups in total. The van der Waals surface area contributed by atoms with Crippen LogP contribution in [0.1, 0.15) is 0 Å². The molecule has 1 aromatic carbocycles. The Kier molecular flexibility index (Phi) is 3.71. The van der Waals surface area contributed by atoms with Crippen LogP contribution in [0.2, 0.25) is 0 Å². The first kappa shape index (κ1) is 13.7. The fourth-order valence-electron chi connectivity index (χ4n) is 1.36. The molecule has 0 aliphatic carbocycles. The summed E-state index contributed by atoms with van der Waals surface area (Å²) in [5.74, 6) is 0.115. The molecule has 10 heteroatoms. The molecular formula is C9H10BrN5O3S. The van der Waals surface area contributed by atoms with Gasteiger partial charge in [-0.1, -0.05) is 21.0 Å². The van der Waals surface area contributed by atoms with Gasteiger partial charge in [-0.3, -0.25) is 0 Å². The molecule has 1 heterocycles. The first-order valence-electron chi connectivity index (χ1n) is 5.03. The molecule has 0 saturated carbocycles. The van der Waals surface area contributed by atoms with E-state index in [2.05, 4.69) is 36.1 Å². The first-order valence-corrected chi connectivity index (χ1v) is 7.30. The zero-order valence-electron chi connectivity index (χ0n) is 10.0. The standard InChI is InChI=1S/C9H10BrN5O3S/c1-15-12-9(11-14-15)13-19(16,17)8-5-6(10)3-4-7(8)18-2/h3-5H,1-2H3,(H,12,13). The molecule has 0 fully saturated rings. The van der Waals surface area contributed by atoms with Crippen LogP contribution in [-0.4, -0.2) is 35.7 Å². The Labute approximate surface area is 117 Å². The second-order valence-electron chi connectivity index (χ2n) is 3.50. The monoisotopic (exact) mass is 347 g/mol. The van der Waals surface area contributed by atoms with Crippen molar-refractivity contribution < 1.29 is 13.2 Å². The topological polar surface area (TPSA) is 99.0 Å². The molecule has 0 amide bonds. The highest BCUT2D eigenvalue weighted by Gasteiger charge is 2.21. The van der Waals surface area contributed by atoms with Crippen molar-refractivity contribution in [2.75, 3.05) is 11.8 Å². The maximum atomic E-state index is 12.2. The van der Waals surface area contributed by atoms with Crippen molar-refractivity contribution in [2.45, 2.75) is 4.90 Å². The summed E-state index contributed by atoms with van der Waals surface area (Å²) in [5.41, 5.74) is 0. The number of nitrogens with zero attached hydrogens (tertiary/aromatic N) is 4. The summed E-state index contributed by atoms with van der Waals surface area (Å²) in [6.07, 6.45) is 0. The molecular weight excluding hydrogens is 338 g/mol. The number of aromatic nitrogens is 4. The molecule has 0 saturated heterocycles. The van der Waals surface area contributed by atoms with E-state index in [1.165, 1.54) is 20.2 Å². The molecule has 2 rings (SSSR count). The van der Waals surface area contributed by atoms with E-state index in [0.29, 0.717) is 4.47 Å². The molecule has 0 aliphatic heterocycles. The van der Waals surface area contributed by atoms with Gasteiger partial charge in [-0.25, -0.2) is 13.1 Å². The number of sulfonamides is 1. The number of rotatable bonds is 4. The second kappa shape index (κ2) is 5.13. The van der Waals surface area contributed by atoms with Crippen LogP contribution in [-0.2, 0) is 17.1 Å². The zero-order valence-corrected chi connectivity index (χ0v) is 12.4. The molecule has 19 heavy (non-hydrogen) atoms. The van der Waals surface area contributed by atoms with Gasteiger partial charge in [-0.05, 0) is 23.4 Å². The number of halogens is 1. The molecule has 0 bridgehead atoms. The minimum absolute atomic E-state index is 0.0168. The SMILES string of the molecule is COc1ccc(Br)cc1S(=O)(=O)Nc1nnn(C)n1. The van der Waals surface area contributed by atoms with E-state index in [1.54, 1.807) is 12.1 Å². The summed E-state index contributed by atoms with van der Waals surface area (Å²) < 4.78 is 32.3. The molecule has 1 aromatic heterocycles. The average molecular weight is 348 g/mol. The van der Waals surface area contributed by atoms with Crippen molar-refractivity contribution >= 4 is 31.9 Å². The highest BCUT2D eigenvalue weighted by molar-refractivity contribution is 9.10. The van der Waals surface area contributed by atoms with E-state index in [-0.39, 0.29) is 16.6 Å². The van der Waals surface area contributed by atoms with Crippen molar-refractivity contribution in [3.05, 3.63) is 22.7 Å². The van der Waals surface area contributed by atoms with Crippen molar-refractivity contribution in [1.29, 1.82) is 0 Å². The Morgan fingerprint density at radius 3 is 2.74 bits per heavy atom. The summed E-state index contributed by atoms with van der Waals surface area (Å²) >= 11 is 3.21. The summed E-state index contributed by atoms with van der Waals surface area (Å²) in [5, 5.41) is 10.9. The highest BCUT2D eigenvalue weighted by Crippen LogP contribution is 2.28. The van der Waals surface area contributed by atoms with Gasteiger partial charge in [0.15, 0.2) is 0 Å². The Bertz CT molecular complexity index is 700. The van der Waals surface area contributed by atoms with E-state index >= 15 is 0 Å². The lowest BCUT2D eigenvalue weighted by atomic mass is 10.3. The lowest BCUT2D eigenvalue weighted by Crippen LogP contribution is -2.15. The van der Waals surface area contributed by atoms with Crippen LogP contribution in [0.25, 0.3) is 0 Å². The number of tetrazole rings is 1. The van der Waals surface area contributed by atoms with Crippen LogP contribution in [0.15, 0.2) is 27.6 Å². The smallest absolute Gasteiger partial charge is 0.277 e. The van der Waals surface area contributed by atoms with Crippen molar-refractivity contribution in [1.82, 2.24) is 20.2 Å². The Balaban J connectivity index is 2.41. The third-order valence-corrected chi connectivity index (χ3v) is 3.99. The summed E-state index contributed by atoms with van der Waals surface area (Å²) in [4.78, 5) is 1.13. The van der Waals surface area contributed by atoms with Gasteiger partial charge in [0.2, 0.25) is 0 Å². The second-order valence-corrected chi connectivity index (χ2v) is 6.07. The fraction of sp³-hybridized carbons (Fsp3) is 0.222. The number of hydrogen-bond acceptors (Lipinski definition) is 6. The van der Waals surface area contributed by atoms with Crippen molar-refractivity contribution in [2.24, 2.45) is 7.05 Å². The summed E-state index contributed by atoms with van der Waals surface area (Å²) in [7, 11) is -0.925. The average Bonchev–Trinajstić information content (AvgIpc) is 2.74. The maximum Gasteiger partial charge on any atom is 0.277 e. The molecule has 0 radical (unpaired) electrons. The van der Waals surface area contributed by atoms with Crippen LogP contribution >= 0.6 is 15.9 Å². The number of hydrogen-bond donors (Lipinski definition) is 1. The number of ether oxygens (including phenoxy) is 1. The van der Waals surface area contributed by atoms with Crippen LogP contribution in [0, 0.1) is 0 Å². The molecule has 0 atom stereocenters. The van der Waals surface area contributed by atoms with Crippen LogP contribution in [0.3, 0.4) is 0 Å². The lowest BCUT2D eigenvalue weighted by Gasteiger charge is -2.09. The third kappa shape index (κ3) is 3.01. The molecule has 8 nitrogen and oxygen atoms in total. The highest BCUT2D eigenvalue weighted by atomic mass is 79.9. The van der Waals surface area contributed by atoms with Crippen molar-refractivity contribution in [3.63, 3.8) is 0 Å². The van der Waals surface area contributed by atoms with Crippen LogP contribution < -0.4 is 9.46 Å². The van der Waals surface area contributed by atoms with Gasteiger partial charge in [0.25, 0.3) is 16.0 Å². The number of anilines is 1. The minimum Gasteiger partial charge on any atom is -0.495 e. The van der Waals surface area contributed by atoms with Crippen molar-refractivity contribution in [3.8, 4) is 5.75 Å². The lowest BCUT2D eigenvalue weighted by molar-refractivity contribution is 0.403. The quantitative estimate of drug-likeness (QED) is 0.877. The molecule has 0 spiro atoms. The fourth-order valence-corrected chi connectivity index (χ4v) is 3.00. The maximum absolute atomic E-state index is 12.2. The Hall–Kier alpha value is -1.68. The van der Waals surface area contributed by atoms with E-state index in [9.17, 15) is 8.42 Å². The van der Waals surface area contributed by atoms with E-state index in [1.807, 2.05) is 0 Å². The van der Waals surface area contributed by atoms with Gasteiger partial charge in [0.1, 0.15) is 10.6 Å². The third-order valence-electron chi connectivity index (χ3n) is 2.15. The van der Waals surface area contributed by atoms with Gasteiger partial charge in [-0.2, -0.15) is 4.80 Å². The Morgan fingerprint density at radius 2 is 2.16 bits per heavy atom. The molecule has 2 aromatic rings. The van der Waals surface area contributed by atoms with Crippen LogP contribution in [0.5, 0.6) is 5.75 Å². The minimum atomic E-state index is -3.85. The molecule has 0 unspecified atom stereocenters. The van der Waals surface area contributed by atoms with Gasteiger partial charge < -0.3 is 4.74 Å². The van der Waals surface area contributed by atoms with Crippen LogP contribution in [0.4, 0.5) is 5.95 Å². The van der Waals surface area contributed by atoms with Gasteiger partial charge in [0.05, 0.1) is 14.2 Å². The number of aryl methyl sites for hydroxylation is 1. The molecule has 0 aliphatic rings. The van der Waals surface area contributed by atoms with Gasteiger partial charge >= 0.3 is 0 Å². The first-order chi connectivity index (χ1) is 8.92. The largest absolute Gasteiger partial charge is 0.495 e. The predicted octanol–water partition coefficient (Wildman–Crippen LogP) is 0.782.